The van der Waals surface area contributed by atoms with Crippen molar-refractivity contribution in [3.05, 3.63) is 42.6 Å². The number of pyridine rings is 1. The predicted molar refractivity (Wildman–Crippen MR) is 174 cm³/mol. The summed E-state index contributed by atoms with van der Waals surface area (Å²) in [5.41, 5.74) is -2.23. The number of ether oxygens (including phenoxy) is 3. The zero-order chi connectivity index (χ0) is 34.1. The second-order valence-corrected chi connectivity index (χ2v) is 14.2. The zero-order valence-electron chi connectivity index (χ0n) is 27.9. The summed E-state index contributed by atoms with van der Waals surface area (Å²) in [4.78, 5) is 59.8. The number of amides is 3. The van der Waals surface area contributed by atoms with Crippen LogP contribution in [-0.4, -0.2) is 81.8 Å². The molecule has 2 aliphatic heterocycles. The van der Waals surface area contributed by atoms with Crippen LogP contribution in [0.1, 0.15) is 66.7 Å². The summed E-state index contributed by atoms with van der Waals surface area (Å²) < 4.78 is 17.4. The molecule has 1 aliphatic carbocycles. The molecule has 1 aromatic heterocycles. The summed E-state index contributed by atoms with van der Waals surface area (Å²) in [6.45, 7) is 9.26. The number of methoxy groups -OCH3 is 1. The number of rotatable bonds is 5. The van der Waals surface area contributed by atoms with Gasteiger partial charge in [0, 0.05) is 23.1 Å². The van der Waals surface area contributed by atoms with Crippen LogP contribution < -0.4 is 20.1 Å². The molecule has 12 nitrogen and oxygen atoms in total. The molecule has 5 rings (SSSR count). The maximum absolute atomic E-state index is 14.5. The van der Waals surface area contributed by atoms with Gasteiger partial charge in [-0.1, -0.05) is 44.2 Å². The number of carboxylic acids is 1. The molecule has 2 fully saturated rings. The maximum Gasteiger partial charge on any atom is 0.408 e. The van der Waals surface area contributed by atoms with Crippen molar-refractivity contribution in [2.45, 2.75) is 96.1 Å². The number of fused-ring (bicyclic) bond motifs is 3. The highest BCUT2D eigenvalue weighted by Gasteiger charge is 2.61. The molecule has 1 unspecified atom stereocenters. The lowest BCUT2D eigenvalue weighted by Crippen LogP contribution is -2.58. The quantitative estimate of drug-likeness (QED) is 0.398. The Bertz CT molecular complexity index is 1550. The third-order valence-corrected chi connectivity index (χ3v) is 9.29. The van der Waals surface area contributed by atoms with Crippen molar-refractivity contribution >= 4 is 34.6 Å². The standard InChI is InChI=1S/C35H46N4O8/c1-20-11-7-8-12-22-17-35(22,32(42)43)38-29(40)26-16-23(46-30-25-14-10-9-13-24(25)27(45-6)18-36-30)19-39(26)31(41)28(21(2)15-20)37-33(44)47-34(3,4)5/h8-10,12-14,18,20-23,26,28H,7,11,15-17,19H2,1-6H3,(H,37,44)(H,38,40)(H,42,43)/b12-8-/t20?,21-,22-,23-,26+,28+,35-/m1/s1. The minimum atomic E-state index is -1.44. The molecule has 3 amide bonds. The van der Waals surface area contributed by atoms with Crippen molar-refractivity contribution < 1.29 is 38.5 Å². The van der Waals surface area contributed by atoms with E-state index in [9.17, 15) is 24.3 Å². The fourth-order valence-corrected chi connectivity index (χ4v) is 6.79. The second-order valence-electron chi connectivity index (χ2n) is 14.2. The summed E-state index contributed by atoms with van der Waals surface area (Å²) in [6, 6.07) is 5.43. The molecule has 0 spiro atoms. The van der Waals surface area contributed by atoms with Gasteiger partial charge in [-0.25, -0.2) is 14.6 Å². The molecule has 3 heterocycles. The molecule has 254 valence electrons. The lowest BCUT2D eigenvalue weighted by molar-refractivity contribution is -0.146. The highest BCUT2D eigenvalue weighted by Crippen LogP contribution is 2.45. The Kier molecular flexibility index (Phi) is 9.70. The normalized spacial score (nSPS) is 30.6. The van der Waals surface area contributed by atoms with E-state index in [4.69, 9.17) is 14.2 Å². The summed E-state index contributed by atoms with van der Waals surface area (Å²) >= 11 is 0. The van der Waals surface area contributed by atoms with Crippen LogP contribution in [0.15, 0.2) is 42.6 Å². The molecule has 1 aromatic carbocycles. The molecular formula is C35H46N4O8. The lowest BCUT2D eigenvalue weighted by atomic mass is 9.88. The molecule has 1 saturated carbocycles. The molecule has 12 heteroatoms. The fourth-order valence-electron chi connectivity index (χ4n) is 6.79. The highest BCUT2D eigenvalue weighted by molar-refractivity contribution is 5.96. The average Bonchev–Trinajstić information content (AvgIpc) is 3.54. The van der Waals surface area contributed by atoms with Gasteiger partial charge in [-0.3, -0.25) is 9.59 Å². The Balaban J connectivity index is 1.49. The number of hydrogen-bond acceptors (Lipinski definition) is 8. The topological polar surface area (TPSA) is 156 Å². The van der Waals surface area contributed by atoms with Crippen LogP contribution in [0, 0.1) is 17.8 Å². The summed E-state index contributed by atoms with van der Waals surface area (Å²) in [5.74, 6) is -1.70. The van der Waals surface area contributed by atoms with Gasteiger partial charge >= 0.3 is 12.1 Å². The average molecular weight is 651 g/mol. The van der Waals surface area contributed by atoms with E-state index in [-0.39, 0.29) is 37.1 Å². The van der Waals surface area contributed by atoms with Crippen LogP contribution in [0.25, 0.3) is 10.8 Å². The number of alkyl carbamates (subject to hydrolysis) is 1. The number of benzene rings is 1. The van der Waals surface area contributed by atoms with Crippen molar-refractivity contribution in [2.75, 3.05) is 13.7 Å². The molecular weight excluding hydrogens is 604 g/mol. The minimum Gasteiger partial charge on any atom is -0.494 e. The Labute approximate surface area is 275 Å². The molecule has 3 aliphatic rings. The molecule has 0 radical (unpaired) electrons. The van der Waals surface area contributed by atoms with Crippen molar-refractivity contribution in [3.63, 3.8) is 0 Å². The third kappa shape index (κ3) is 7.47. The Morgan fingerprint density at radius 2 is 1.85 bits per heavy atom. The minimum absolute atomic E-state index is 0.0249. The molecule has 3 N–H and O–H groups in total. The Morgan fingerprint density at radius 1 is 1.13 bits per heavy atom. The number of aromatic nitrogens is 1. The monoisotopic (exact) mass is 650 g/mol. The molecule has 2 aromatic rings. The van der Waals surface area contributed by atoms with E-state index in [0.717, 1.165) is 18.2 Å². The number of nitrogens with zero attached hydrogens (tertiary/aromatic N) is 2. The van der Waals surface area contributed by atoms with Gasteiger partial charge in [0.1, 0.15) is 35.1 Å². The van der Waals surface area contributed by atoms with Crippen LogP contribution in [0.5, 0.6) is 11.6 Å². The van der Waals surface area contributed by atoms with Gasteiger partial charge < -0.3 is 34.9 Å². The van der Waals surface area contributed by atoms with Crippen LogP contribution >= 0.6 is 0 Å². The van der Waals surface area contributed by atoms with E-state index >= 15 is 0 Å². The van der Waals surface area contributed by atoms with Gasteiger partial charge in [0.05, 0.1) is 19.9 Å². The van der Waals surface area contributed by atoms with E-state index in [1.165, 1.54) is 4.90 Å². The SMILES string of the molecule is COc1cnc(O[C@@H]2C[C@H]3C(=O)N[C@]4(C(=O)O)C[C@H]4/C=C\CCC(C)C[C@@H](C)[C@H](NC(=O)OC(C)(C)C)C(=O)N3C2)c2ccccc12. The van der Waals surface area contributed by atoms with Crippen molar-refractivity contribution in [1.29, 1.82) is 0 Å². The first kappa shape index (κ1) is 34.0. The largest absolute Gasteiger partial charge is 0.494 e. The lowest BCUT2D eigenvalue weighted by Gasteiger charge is -2.33. The first-order chi connectivity index (χ1) is 22.2. The molecule has 1 saturated heterocycles. The third-order valence-electron chi connectivity index (χ3n) is 9.29. The second kappa shape index (κ2) is 13.4. The maximum atomic E-state index is 14.5. The van der Waals surface area contributed by atoms with Crippen LogP contribution in [-0.2, 0) is 19.1 Å². The van der Waals surface area contributed by atoms with E-state index in [1.807, 2.05) is 43.3 Å². The van der Waals surface area contributed by atoms with Crippen LogP contribution in [0.4, 0.5) is 4.79 Å². The summed E-state index contributed by atoms with van der Waals surface area (Å²) in [7, 11) is 1.56. The van der Waals surface area contributed by atoms with Gasteiger partial charge in [-0.2, -0.15) is 0 Å². The smallest absolute Gasteiger partial charge is 0.408 e. The van der Waals surface area contributed by atoms with Gasteiger partial charge in [0.25, 0.3) is 0 Å². The highest BCUT2D eigenvalue weighted by atomic mass is 16.6. The number of hydrogen-bond donors (Lipinski definition) is 3. The van der Waals surface area contributed by atoms with E-state index in [1.54, 1.807) is 34.1 Å². The van der Waals surface area contributed by atoms with E-state index in [0.29, 0.717) is 23.4 Å². The molecule has 47 heavy (non-hydrogen) atoms. The van der Waals surface area contributed by atoms with E-state index in [2.05, 4.69) is 22.5 Å². The number of carbonyl (C=O) groups is 4. The first-order valence-corrected chi connectivity index (χ1v) is 16.3. The summed E-state index contributed by atoms with van der Waals surface area (Å²) in [5, 5.41) is 17.2. The number of allylic oxidation sites excluding steroid dienone is 1. The Morgan fingerprint density at radius 3 is 2.53 bits per heavy atom. The van der Waals surface area contributed by atoms with Gasteiger partial charge in [-0.15, -0.1) is 0 Å². The Hall–Kier alpha value is -4.35. The van der Waals surface area contributed by atoms with Crippen molar-refractivity contribution in [2.24, 2.45) is 17.8 Å². The molecule has 7 atom stereocenters. The van der Waals surface area contributed by atoms with Gasteiger partial charge in [-0.05, 0) is 64.4 Å². The number of carbonyl (C=O) groups excluding carboxylic acids is 3. The van der Waals surface area contributed by atoms with Gasteiger partial charge in [0.15, 0.2) is 0 Å². The number of carboxylic acid groups (broad SMARTS) is 1. The fraction of sp³-hybridized carbons (Fsp3) is 0.571. The summed E-state index contributed by atoms with van der Waals surface area (Å²) in [6.07, 6.45) is 6.57. The number of aliphatic carboxylic acids is 1. The molecule has 0 bridgehead atoms. The van der Waals surface area contributed by atoms with Crippen LogP contribution in [0.2, 0.25) is 0 Å². The van der Waals surface area contributed by atoms with E-state index < -0.39 is 53.2 Å². The van der Waals surface area contributed by atoms with Crippen molar-refractivity contribution in [1.82, 2.24) is 20.5 Å². The first-order valence-electron chi connectivity index (χ1n) is 16.3. The van der Waals surface area contributed by atoms with Gasteiger partial charge in [0.2, 0.25) is 17.7 Å². The zero-order valence-corrected chi connectivity index (χ0v) is 27.9. The van der Waals surface area contributed by atoms with Crippen molar-refractivity contribution in [3.8, 4) is 11.6 Å². The van der Waals surface area contributed by atoms with Crippen LogP contribution in [0.3, 0.4) is 0 Å². The predicted octanol–water partition coefficient (Wildman–Crippen LogP) is 4.46. The number of nitrogens with one attached hydrogen (secondary N) is 2.